The summed E-state index contributed by atoms with van der Waals surface area (Å²) in [7, 11) is 5.59. The number of halogens is 2. The van der Waals surface area contributed by atoms with Crippen molar-refractivity contribution in [3.8, 4) is 17.2 Å². The number of esters is 4. The molecule has 0 aliphatic heterocycles. The van der Waals surface area contributed by atoms with Crippen LogP contribution in [-0.4, -0.2) is 59.9 Å². The number of aromatic hydroxyl groups is 1. The van der Waals surface area contributed by atoms with Gasteiger partial charge in [0.2, 0.25) is 0 Å². The summed E-state index contributed by atoms with van der Waals surface area (Å²) in [5.74, 6) is -0.422. The van der Waals surface area contributed by atoms with Crippen molar-refractivity contribution in [3.63, 3.8) is 0 Å². The Morgan fingerprint density at radius 2 is 0.981 bits per heavy atom. The molecule has 0 saturated carbocycles. The first-order valence-corrected chi connectivity index (χ1v) is 19.5. The van der Waals surface area contributed by atoms with Gasteiger partial charge in [0, 0.05) is 25.5 Å². The Labute approximate surface area is 353 Å². The molecule has 3 aromatic carbocycles. The number of methoxy groups -OCH3 is 4. The van der Waals surface area contributed by atoms with Crippen LogP contribution in [-0.2, 0) is 37.6 Å². The third-order valence-electron chi connectivity index (χ3n) is 6.30. The van der Waals surface area contributed by atoms with Crippen molar-refractivity contribution >= 4 is 133 Å². The fraction of sp³-hybridized carbons (Fsp3) is 0.194. The van der Waals surface area contributed by atoms with Gasteiger partial charge < -0.3 is 36.2 Å². The van der Waals surface area contributed by atoms with E-state index in [0.717, 1.165) is 30.3 Å². The SMILES string of the molecule is C.COC(=O)c1cc(O)c2sccc2c1.COC(=O)c1cc(OC(C)=O)c2sccc2c1.COC(=O)c1cc(OC)c2sccc2c1.ICI.[CH3-].[V]. The molecule has 3 heterocycles. The molecule has 0 unspecified atom stereocenters. The van der Waals surface area contributed by atoms with Crippen molar-refractivity contribution in [2.24, 2.45) is 0 Å². The van der Waals surface area contributed by atoms with Crippen LogP contribution in [0, 0.1) is 7.43 Å². The summed E-state index contributed by atoms with van der Waals surface area (Å²) in [6.45, 7) is 1.32. The number of carbonyl (C=O) groups excluding carboxylic acids is 4. The van der Waals surface area contributed by atoms with E-state index in [1.807, 2.05) is 34.3 Å². The van der Waals surface area contributed by atoms with Crippen LogP contribution in [0.3, 0.4) is 0 Å². The van der Waals surface area contributed by atoms with Crippen LogP contribution in [0.25, 0.3) is 30.3 Å². The minimum Gasteiger partial charge on any atom is -0.506 e. The zero-order valence-corrected chi connectivity index (χ0v) is 36.3. The van der Waals surface area contributed by atoms with Crippen LogP contribution >= 0.6 is 79.2 Å². The number of ether oxygens (including phenoxy) is 5. The first kappa shape index (κ1) is 49.1. The van der Waals surface area contributed by atoms with E-state index in [9.17, 15) is 24.3 Å². The summed E-state index contributed by atoms with van der Waals surface area (Å²) >= 11 is 9.03. The van der Waals surface area contributed by atoms with Crippen LogP contribution in [0.1, 0.15) is 45.4 Å². The Morgan fingerprint density at radius 3 is 1.37 bits per heavy atom. The maximum atomic E-state index is 11.5. The molecule has 0 fully saturated rings. The number of alkyl halides is 2. The summed E-state index contributed by atoms with van der Waals surface area (Å²) in [4.78, 5) is 45.0. The van der Waals surface area contributed by atoms with Crippen molar-refractivity contribution in [2.45, 2.75) is 14.4 Å². The third-order valence-corrected chi connectivity index (χ3v) is 9.14. The van der Waals surface area contributed by atoms with E-state index in [0.29, 0.717) is 28.2 Å². The van der Waals surface area contributed by atoms with Gasteiger partial charge >= 0.3 is 23.9 Å². The van der Waals surface area contributed by atoms with Gasteiger partial charge in [-0.15, -0.1) is 34.0 Å². The molecular formula is C36H37I2O10S3V-. The molecule has 1 N–H and O–H groups in total. The molecule has 0 amide bonds. The summed E-state index contributed by atoms with van der Waals surface area (Å²) in [6.07, 6.45) is 0. The van der Waals surface area contributed by atoms with Gasteiger partial charge in [0.25, 0.3) is 0 Å². The number of hydrogen-bond acceptors (Lipinski definition) is 13. The first-order chi connectivity index (χ1) is 23.5. The average molecular weight is 1030 g/mol. The van der Waals surface area contributed by atoms with Gasteiger partial charge in [-0.1, -0.05) is 52.6 Å². The molecule has 0 bridgehead atoms. The summed E-state index contributed by atoms with van der Waals surface area (Å²) < 4.78 is 28.1. The second-order valence-electron chi connectivity index (χ2n) is 9.33. The predicted molar refractivity (Wildman–Crippen MR) is 225 cm³/mol. The quantitative estimate of drug-likeness (QED) is 0.0444. The monoisotopic (exact) mass is 1030 g/mol. The third kappa shape index (κ3) is 13.2. The minimum atomic E-state index is -0.452. The number of benzene rings is 3. The zero-order valence-electron chi connectivity index (χ0n) is 28.2. The summed E-state index contributed by atoms with van der Waals surface area (Å²) in [5, 5.41) is 18.0. The van der Waals surface area contributed by atoms with Crippen LogP contribution in [0.15, 0.2) is 70.7 Å². The molecule has 6 aromatic rings. The second-order valence-corrected chi connectivity index (χ2v) is 16.5. The van der Waals surface area contributed by atoms with E-state index in [1.54, 1.807) is 42.7 Å². The maximum absolute atomic E-state index is 11.5. The van der Waals surface area contributed by atoms with Crippen LogP contribution < -0.4 is 9.47 Å². The Morgan fingerprint density at radius 1 is 0.635 bits per heavy atom. The minimum absolute atomic E-state index is 0. The largest absolute Gasteiger partial charge is 0.506 e. The van der Waals surface area contributed by atoms with Crippen molar-refractivity contribution in [1.82, 2.24) is 0 Å². The van der Waals surface area contributed by atoms with Gasteiger partial charge in [-0.05, 0) is 86.9 Å². The van der Waals surface area contributed by atoms with Crippen molar-refractivity contribution in [2.75, 3.05) is 30.9 Å². The van der Waals surface area contributed by atoms with Crippen LogP contribution in [0.2, 0.25) is 0 Å². The Bertz CT molecular complexity index is 2070. The number of hydrogen-bond donors (Lipinski definition) is 1. The molecule has 10 nitrogen and oxygen atoms in total. The molecule has 6 rings (SSSR count). The number of carbonyl (C=O) groups is 4. The van der Waals surface area contributed by atoms with Crippen LogP contribution in [0.4, 0.5) is 0 Å². The molecule has 52 heavy (non-hydrogen) atoms. The van der Waals surface area contributed by atoms with E-state index in [-0.39, 0.29) is 45.1 Å². The van der Waals surface area contributed by atoms with Crippen molar-refractivity contribution in [1.29, 1.82) is 0 Å². The fourth-order valence-electron chi connectivity index (χ4n) is 4.25. The number of thiophene rings is 3. The number of phenols is 1. The number of phenolic OH excluding ortho intramolecular Hbond substituents is 1. The van der Waals surface area contributed by atoms with Crippen molar-refractivity contribution in [3.05, 3.63) is 94.9 Å². The Hall–Kier alpha value is -2.94. The van der Waals surface area contributed by atoms with E-state index in [2.05, 4.69) is 59.4 Å². The van der Waals surface area contributed by atoms with Crippen molar-refractivity contribution < 1.29 is 66.5 Å². The van der Waals surface area contributed by atoms with Gasteiger partial charge in [0.1, 0.15) is 17.2 Å². The molecular weight excluding hydrogens is 993 g/mol. The van der Waals surface area contributed by atoms with E-state index in [1.165, 1.54) is 65.5 Å². The molecule has 0 atom stereocenters. The normalized spacial score (nSPS) is 9.44. The molecule has 3 aromatic heterocycles. The van der Waals surface area contributed by atoms with E-state index < -0.39 is 17.9 Å². The average Bonchev–Trinajstić information content (AvgIpc) is 3.88. The molecule has 0 spiro atoms. The molecule has 0 aliphatic rings. The Balaban J connectivity index is 0.000000705. The smallest absolute Gasteiger partial charge is 0.338 e. The number of rotatable bonds is 5. The van der Waals surface area contributed by atoms with Gasteiger partial charge in [-0.25, -0.2) is 14.4 Å². The van der Waals surface area contributed by atoms with Gasteiger partial charge in [-0.2, -0.15) is 0 Å². The standard InChI is InChI=1S/C12H10O4S.C11H10O3S.C10H8O3S.CH2I2.CH4.CH3.V/c1-7(13)16-10-6-9(12(14)15-2)5-8-3-4-17-11(8)10;1-13-9-6-8(11(12)14-2)5-7-3-4-15-10(7)9;1-13-10(12)7-4-6-2-3-14-9(6)8(11)5-7;2-1-3;;;/h3-6H,1-2H3;3-6H,1-2H3;2-5,11H,1H3;1H2;1H4;1H3;/q;;;;;-1;. The van der Waals surface area contributed by atoms with Crippen LogP contribution in [0.5, 0.6) is 17.2 Å². The van der Waals surface area contributed by atoms with Gasteiger partial charge in [0.05, 0.1) is 61.7 Å². The van der Waals surface area contributed by atoms with E-state index >= 15 is 0 Å². The van der Waals surface area contributed by atoms with Gasteiger partial charge in [0.15, 0.2) is 0 Å². The maximum Gasteiger partial charge on any atom is 0.338 e. The summed E-state index contributed by atoms with van der Waals surface area (Å²) in [6, 6.07) is 15.5. The van der Waals surface area contributed by atoms with Gasteiger partial charge in [-0.3, -0.25) is 4.79 Å². The first-order valence-electron chi connectivity index (χ1n) is 13.8. The second kappa shape index (κ2) is 24.4. The van der Waals surface area contributed by atoms with E-state index in [4.69, 9.17) is 9.47 Å². The Kier molecular flexibility index (Phi) is 23.0. The zero-order chi connectivity index (χ0) is 36.1. The molecule has 279 valence electrons. The topological polar surface area (TPSA) is 135 Å². The molecule has 0 aliphatic carbocycles. The molecule has 0 saturated heterocycles. The molecule has 1 radical (unpaired) electrons. The fourth-order valence-corrected chi connectivity index (χ4v) is 6.75. The molecule has 16 heteroatoms. The summed E-state index contributed by atoms with van der Waals surface area (Å²) in [5.41, 5.74) is 1.26. The predicted octanol–water partition coefficient (Wildman–Crippen LogP) is 10.6. The number of fused-ring (bicyclic) bond motifs is 3.